The Kier molecular flexibility index (Phi) is 5.85. The Balaban J connectivity index is 1.31. The van der Waals surface area contributed by atoms with Crippen molar-refractivity contribution in [3.8, 4) is 11.4 Å². The van der Waals surface area contributed by atoms with Crippen molar-refractivity contribution in [2.75, 3.05) is 5.32 Å². The fourth-order valence-corrected chi connectivity index (χ4v) is 4.30. The van der Waals surface area contributed by atoms with Gasteiger partial charge in [-0.2, -0.15) is 0 Å². The van der Waals surface area contributed by atoms with Crippen LogP contribution in [0.15, 0.2) is 85.1 Å². The number of carbonyl (C=O) groups excluding carboxylic acids is 1. The molecule has 5 rings (SSSR count). The van der Waals surface area contributed by atoms with Gasteiger partial charge in [-0.15, -0.1) is 0 Å². The predicted octanol–water partition coefficient (Wildman–Crippen LogP) is 6.00. The Morgan fingerprint density at radius 3 is 2.70 bits per heavy atom. The zero-order chi connectivity index (χ0) is 22.6. The Hall–Kier alpha value is -3.99. The third-order valence-corrected chi connectivity index (χ3v) is 6.04. The Labute approximate surface area is 193 Å². The highest BCUT2D eigenvalue weighted by Gasteiger charge is 2.22. The molecular formula is C28H26N4O. The van der Waals surface area contributed by atoms with Crippen molar-refractivity contribution in [3.05, 3.63) is 107 Å². The van der Waals surface area contributed by atoms with Crippen LogP contribution in [-0.4, -0.2) is 15.9 Å². The second kappa shape index (κ2) is 9.25. The van der Waals surface area contributed by atoms with E-state index >= 15 is 0 Å². The first-order chi connectivity index (χ1) is 16.2. The van der Waals surface area contributed by atoms with Gasteiger partial charge in [-0.3, -0.25) is 4.79 Å². The van der Waals surface area contributed by atoms with Crippen LogP contribution in [-0.2, 0) is 6.42 Å². The minimum absolute atomic E-state index is 0.0537. The highest BCUT2D eigenvalue weighted by atomic mass is 16.1. The number of hydrogen-bond donors (Lipinski definition) is 2. The molecule has 1 aliphatic rings. The first-order valence-corrected chi connectivity index (χ1v) is 11.3. The summed E-state index contributed by atoms with van der Waals surface area (Å²) in [6.07, 6.45) is 4.86. The molecule has 5 heteroatoms. The molecule has 0 saturated heterocycles. The average molecular weight is 435 g/mol. The highest BCUT2D eigenvalue weighted by Crippen LogP contribution is 2.30. The van der Waals surface area contributed by atoms with Crippen LogP contribution in [0.2, 0.25) is 0 Å². The summed E-state index contributed by atoms with van der Waals surface area (Å²) in [7, 11) is 0. The van der Waals surface area contributed by atoms with E-state index in [2.05, 4.69) is 45.7 Å². The molecule has 1 unspecified atom stereocenters. The fraction of sp³-hybridized carbons (Fsp3) is 0.179. The number of anilines is 2. The van der Waals surface area contributed by atoms with Gasteiger partial charge in [-0.1, -0.05) is 60.2 Å². The van der Waals surface area contributed by atoms with E-state index in [1.807, 2.05) is 60.7 Å². The van der Waals surface area contributed by atoms with Crippen LogP contribution in [0.3, 0.4) is 0 Å². The van der Waals surface area contributed by atoms with Crippen LogP contribution >= 0.6 is 0 Å². The maximum atomic E-state index is 13.0. The smallest absolute Gasteiger partial charge is 0.251 e. The maximum absolute atomic E-state index is 13.0. The summed E-state index contributed by atoms with van der Waals surface area (Å²) in [6.45, 7) is 2.05. The summed E-state index contributed by atoms with van der Waals surface area (Å²) in [4.78, 5) is 22.1. The molecule has 1 aromatic heterocycles. The molecule has 1 heterocycles. The minimum Gasteiger partial charge on any atom is -0.345 e. The first-order valence-electron chi connectivity index (χ1n) is 11.3. The SMILES string of the molecule is Cc1ccc(-c2nccc(Nc3cccc(C(=O)NC4CCCc5ccccc54)c3)n2)cc1. The van der Waals surface area contributed by atoms with Gasteiger partial charge in [0.1, 0.15) is 5.82 Å². The molecule has 164 valence electrons. The van der Waals surface area contributed by atoms with Gasteiger partial charge in [0.05, 0.1) is 6.04 Å². The minimum atomic E-state index is -0.0663. The van der Waals surface area contributed by atoms with Gasteiger partial charge in [0.15, 0.2) is 5.82 Å². The van der Waals surface area contributed by atoms with E-state index in [1.54, 1.807) is 6.20 Å². The summed E-state index contributed by atoms with van der Waals surface area (Å²) in [5.41, 5.74) is 6.15. The molecule has 0 bridgehead atoms. The Morgan fingerprint density at radius 1 is 0.970 bits per heavy atom. The number of benzene rings is 3. The normalized spacial score (nSPS) is 14.9. The van der Waals surface area contributed by atoms with Crippen molar-refractivity contribution < 1.29 is 4.79 Å². The van der Waals surface area contributed by atoms with Crippen LogP contribution in [0.5, 0.6) is 0 Å². The molecule has 0 spiro atoms. The fourth-order valence-electron chi connectivity index (χ4n) is 4.30. The molecule has 1 atom stereocenters. The van der Waals surface area contributed by atoms with E-state index in [0.717, 1.165) is 30.5 Å². The Morgan fingerprint density at radius 2 is 1.82 bits per heavy atom. The van der Waals surface area contributed by atoms with Crippen LogP contribution < -0.4 is 10.6 Å². The zero-order valence-corrected chi connectivity index (χ0v) is 18.6. The number of aryl methyl sites for hydroxylation is 2. The number of nitrogens with one attached hydrogen (secondary N) is 2. The van der Waals surface area contributed by atoms with Gasteiger partial charge in [0.2, 0.25) is 0 Å². The van der Waals surface area contributed by atoms with E-state index in [-0.39, 0.29) is 11.9 Å². The van der Waals surface area contributed by atoms with Gasteiger partial charge in [0.25, 0.3) is 5.91 Å². The number of fused-ring (bicyclic) bond motifs is 1. The van der Waals surface area contributed by atoms with E-state index in [0.29, 0.717) is 17.2 Å². The number of aromatic nitrogens is 2. The van der Waals surface area contributed by atoms with Gasteiger partial charge >= 0.3 is 0 Å². The summed E-state index contributed by atoms with van der Waals surface area (Å²) in [5, 5.41) is 6.53. The number of rotatable bonds is 5. The maximum Gasteiger partial charge on any atom is 0.251 e. The zero-order valence-electron chi connectivity index (χ0n) is 18.6. The van der Waals surface area contributed by atoms with Crippen molar-refractivity contribution in [1.29, 1.82) is 0 Å². The molecule has 33 heavy (non-hydrogen) atoms. The summed E-state index contributed by atoms with van der Waals surface area (Å²) in [6, 6.07) is 25.9. The van der Waals surface area contributed by atoms with E-state index in [4.69, 9.17) is 0 Å². The van der Waals surface area contributed by atoms with Crippen molar-refractivity contribution in [3.63, 3.8) is 0 Å². The van der Waals surface area contributed by atoms with Crippen molar-refractivity contribution in [2.24, 2.45) is 0 Å². The van der Waals surface area contributed by atoms with Crippen LogP contribution in [0.25, 0.3) is 11.4 Å². The lowest BCUT2D eigenvalue weighted by molar-refractivity contribution is 0.0933. The molecule has 1 aliphatic carbocycles. The third kappa shape index (κ3) is 4.77. The number of nitrogens with zero attached hydrogens (tertiary/aromatic N) is 2. The van der Waals surface area contributed by atoms with Crippen LogP contribution in [0.1, 0.15) is 45.9 Å². The van der Waals surface area contributed by atoms with E-state index in [1.165, 1.54) is 16.7 Å². The number of amides is 1. The van der Waals surface area contributed by atoms with Crippen LogP contribution in [0.4, 0.5) is 11.5 Å². The van der Waals surface area contributed by atoms with E-state index < -0.39 is 0 Å². The monoisotopic (exact) mass is 434 g/mol. The second-order valence-corrected chi connectivity index (χ2v) is 8.45. The molecule has 0 saturated carbocycles. The first kappa shape index (κ1) is 20.9. The standard InChI is InChI=1S/C28H26N4O/c1-19-12-14-21(15-13-19)27-29-17-16-26(32-27)30-23-9-4-8-22(18-23)28(33)31-25-11-5-7-20-6-2-3-10-24(20)25/h2-4,6,8-10,12-18,25H,5,7,11H2,1H3,(H,31,33)(H,29,30,32). The van der Waals surface area contributed by atoms with Gasteiger partial charge < -0.3 is 10.6 Å². The molecule has 5 nitrogen and oxygen atoms in total. The number of carbonyl (C=O) groups is 1. The molecule has 0 fully saturated rings. The number of hydrogen-bond acceptors (Lipinski definition) is 4. The van der Waals surface area contributed by atoms with Crippen molar-refractivity contribution >= 4 is 17.4 Å². The topological polar surface area (TPSA) is 66.9 Å². The lowest BCUT2D eigenvalue weighted by atomic mass is 9.87. The quantitative estimate of drug-likeness (QED) is 0.404. The van der Waals surface area contributed by atoms with Gasteiger partial charge in [-0.05, 0) is 61.6 Å². The van der Waals surface area contributed by atoms with Crippen molar-refractivity contribution in [1.82, 2.24) is 15.3 Å². The lowest BCUT2D eigenvalue weighted by Crippen LogP contribution is -2.31. The van der Waals surface area contributed by atoms with Gasteiger partial charge in [0, 0.05) is 23.0 Å². The second-order valence-electron chi connectivity index (χ2n) is 8.45. The molecular weight excluding hydrogens is 408 g/mol. The molecule has 3 aromatic carbocycles. The van der Waals surface area contributed by atoms with Crippen molar-refractivity contribution in [2.45, 2.75) is 32.2 Å². The predicted molar refractivity (Wildman–Crippen MR) is 132 cm³/mol. The van der Waals surface area contributed by atoms with E-state index in [9.17, 15) is 4.79 Å². The lowest BCUT2D eigenvalue weighted by Gasteiger charge is -2.26. The van der Waals surface area contributed by atoms with Gasteiger partial charge in [-0.25, -0.2) is 9.97 Å². The summed E-state index contributed by atoms with van der Waals surface area (Å²) < 4.78 is 0. The summed E-state index contributed by atoms with van der Waals surface area (Å²) >= 11 is 0. The summed E-state index contributed by atoms with van der Waals surface area (Å²) in [5.74, 6) is 1.27. The molecule has 0 radical (unpaired) electrons. The molecule has 4 aromatic rings. The molecule has 2 N–H and O–H groups in total. The molecule has 1 amide bonds. The largest absolute Gasteiger partial charge is 0.345 e. The highest BCUT2D eigenvalue weighted by molar-refractivity contribution is 5.95. The van der Waals surface area contributed by atoms with Crippen LogP contribution in [0, 0.1) is 6.92 Å². The average Bonchev–Trinajstić information content (AvgIpc) is 2.85. The Bertz CT molecular complexity index is 1280. The molecule has 0 aliphatic heterocycles. The third-order valence-electron chi connectivity index (χ3n) is 6.04.